The molecule has 21 nitrogen and oxygen atoms in total. The number of nitrogen functional groups attached to an aromatic ring is 3. The largest absolute Gasteiger partial charge is 0.397 e. The van der Waals surface area contributed by atoms with Crippen LogP contribution in [0.3, 0.4) is 0 Å². The first-order valence-corrected chi connectivity index (χ1v) is 40.9. The average molecular weight is 1770 g/mol. The summed E-state index contributed by atoms with van der Waals surface area (Å²) in [5, 5.41) is -2.59. The normalized spacial score (nSPS) is 17.6. The molecule has 3 fully saturated rings. The van der Waals surface area contributed by atoms with E-state index in [1.54, 1.807) is 57.6 Å². The second kappa shape index (κ2) is 34.8. The molecule has 0 amide bonds. The summed E-state index contributed by atoms with van der Waals surface area (Å²) in [7, 11) is 0. The van der Waals surface area contributed by atoms with Gasteiger partial charge >= 0.3 is 17.1 Å². The highest BCUT2D eigenvalue weighted by Gasteiger charge is 2.37. The average Bonchev–Trinajstić information content (AvgIpc) is 0.738. The Hall–Kier alpha value is -11.2. The molecule has 648 valence electrons. The Bertz CT molecular complexity index is 5770. The Kier molecular flexibility index (Phi) is 25.4. The van der Waals surface area contributed by atoms with Crippen LogP contribution in [0.4, 0.5) is 87.2 Å². The zero-order valence-electron chi connectivity index (χ0n) is 69.6. The quantitative estimate of drug-likeness (QED) is 0.0444. The Morgan fingerprint density at radius 1 is 0.350 bits per heavy atom. The molecule has 0 saturated carbocycles. The summed E-state index contributed by atoms with van der Waals surface area (Å²) in [6.45, 7) is 32.6. The van der Waals surface area contributed by atoms with Gasteiger partial charge in [0.25, 0.3) is 0 Å². The van der Waals surface area contributed by atoms with Crippen LogP contribution in [0.2, 0.25) is 15.1 Å². The molecule has 12 aromatic rings. The second-order valence-electron chi connectivity index (χ2n) is 33.5. The van der Waals surface area contributed by atoms with E-state index in [2.05, 4.69) is 86.4 Å². The van der Waals surface area contributed by atoms with E-state index in [-0.39, 0.29) is 104 Å². The van der Waals surface area contributed by atoms with Crippen molar-refractivity contribution >= 4 is 102 Å². The van der Waals surface area contributed by atoms with Gasteiger partial charge in [-0.05, 0) is 146 Å². The summed E-state index contributed by atoms with van der Waals surface area (Å²) in [6.07, 6.45) is 7.76. The molecular weight excluding hydrogens is 1680 g/mol. The number of nitrogens with two attached hydrogens (primary N) is 3. The Morgan fingerprint density at radius 3 is 0.951 bits per heavy atom. The predicted octanol–water partition coefficient (Wildman–Crippen LogP) is 19.6. The van der Waals surface area contributed by atoms with Crippen molar-refractivity contribution in [3.8, 4) is 50.8 Å². The van der Waals surface area contributed by atoms with E-state index < -0.39 is 153 Å². The van der Waals surface area contributed by atoms with Crippen molar-refractivity contribution in [3.05, 3.63) is 205 Å². The lowest BCUT2D eigenvalue weighted by atomic mass is 9.92. The summed E-state index contributed by atoms with van der Waals surface area (Å²) in [6, 6.07) is 8.31. The number of nitrogens with zero attached hydrogens (tertiary/aromatic N) is 15. The molecule has 3 saturated heterocycles. The highest BCUT2D eigenvalue weighted by Crippen LogP contribution is 2.46. The zero-order valence-corrected chi connectivity index (χ0v) is 71.9. The van der Waals surface area contributed by atoms with Crippen LogP contribution in [0, 0.1) is 126 Å². The molecule has 6 N–H and O–H groups in total. The third kappa shape index (κ3) is 16.4. The first-order valence-electron chi connectivity index (χ1n) is 39.8. The van der Waals surface area contributed by atoms with Gasteiger partial charge in [-0.3, -0.25) is 15.0 Å². The number of benzene rings is 3. The topological polar surface area (TPSA) is 270 Å². The number of halogens is 15. The monoisotopic (exact) mass is 1760 g/mol. The molecule has 6 atom stereocenters. The van der Waals surface area contributed by atoms with Gasteiger partial charge in [0, 0.05) is 57.9 Å². The van der Waals surface area contributed by atoms with Gasteiger partial charge in [-0.25, -0.2) is 95.7 Å². The lowest BCUT2D eigenvalue weighted by Gasteiger charge is -2.36. The Morgan fingerprint density at radius 2 is 0.634 bits per heavy atom. The molecule has 0 bridgehead atoms. The van der Waals surface area contributed by atoms with Crippen molar-refractivity contribution in [2.24, 2.45) is 35.5 Å². The SMILES string of the molecule is Cc1ccnc(C(C)C)c1-n1c(=O)nc(N2C[C@H](C)C[C@H](C)C2)c2cc(F)c(-c3c(F)c(N)c(F)c(F)c3Cl)nc21.Cc1ccnc(C(C)C)c1-n1c(=O)nc(N2C[C@H](C)C[C@H](C)C2)c2cc(F)c(-c3c(N)c(Cl)c(F)c(F)c3F)nc21.Cc1ccnc(C(C)C)c1-n1c(=O)nc(N2C[C@H](C)C[C@H](C)C2)c2cc(F)c(-c3c(N)c(F)c(F)c(Cl)c3F)nc21. The van der Waals surface area contributed by atoms with Gasteiger partial charge in [0.2, 0.25) is 0 Å². The summed E-state index contributed by atoms with van der Waals surface area (Å²) in [5.74, 6) is -16.3. The molecule has 36 heteroatoms. The van der Waals surface area contributed by atoms with Gasteiger partial charge in [0.1, 0.15) is 50.3 Å². The lowest BCUT2D eigenvalue weighted by molar-refractivity contribution is 0.355. The van der Waals surface area contributed by atoms with E-state index in [0.29, 0.717) is 90.1 Å². The van der Waals surface area contributed by atoms with E-state index in [4.69, 9.17) is 52.0 Å². The van der Waals surface area contributed by atoms with Crippen LogP contribution in [0.1, 0.15) is 154 Å². The van der Waals surface area contributed by atoms with E-state index in [9.17, 15) is 40.7 Å². The molecule has 0 unspecified atom stereocenters. The van der Waals surface area contributed by atoms with Gasteiger partial charge < -0.3 is 31.9 Å². The number of aromatic nitrogens is 12. The highest BCUT2D eigenvalue weighted by molar-refractivity contribution is 6.34. The van der Waals surface area contributed by atoms with Crippen LogP contribution >= 0.6 is 34.8 Å². The molecule has 3 aliphatic heterocycles. The third-order valence-electron chi connectivity index (χ3n) is 22.3. The standard InChI is InChI=1S/3C29H29ClF4N6O/c1-12(2)24-26(15(5)6-7-36-24)40-28-16(27(38-29(40)41)39-10-13(3)8-14(4)11-39)9-17(31)25(37-28)18-20(32)22(34)21(33)19(30)23(18)35;1-12(2)24-26(15(5)6-7-36-24)40-28-16(27(38-29(40)41)39-10-13(3)8-14(4)11-39)9-17(31)25(37-28)18-20(32)19(30)21(33)22(34)23(18)35;1-12(2)24-26(15(5)6-7-36-24)40-28-16(27(38-29(40)41)39-10-13(3)8-14(4)11-39)9-17(31)25(37-28)18-19(30)21(33)22(34)23(35)20(18)32/h3*6-7,9,12-14H,8,10-11,35H2,1-5H3/t3*13-,14+. The number of fused-ring (bicyclic) bond motifs is 3. The van der Waals surface area contributed by atoms with Crippen molar-refractivity contribution < 1.29 is 52.7 Å². The maximum absolute atomic E-state index is 15.9. The number of pyridine rings is 6. The molecule has 123 heavy (non-hydrogen) atoms. The van der Waals surface area contributed by atoms with Gasteiger partial charge in [0.15, 0.2) is 86.7 Å². The van der Waals surface area contributed by atoms with E-state index in [1.807, 2.05) is 56.2 Å². The van der Waals surface area contributed by atoms with Gasteiger partial charge in [-0.15, -0.1) is 0 Å². The number of hydrogen-bond donors (Lipinski definition) is 3. The van der Waals surface area contributed by atoms with Gasteiger partial charge in [-0.1, -0.05) is 118 Å². The smallest absolute Gasteiger partial charge is 0.355 e. The molecule has 15 rings (SSSR count). The number of rotatable bonds is 12. The summed E-state index contributed by atoms with van der Waals surface area (Å²) in [4.78, 5) is 87.0. The zero-order chi connectivity index (χ0) is 89.7. The fourth-order valence-electron chi connectivity index (χ4n) is 17.2. The van der Waals surface area contributed by atoms with Crippen molar-refractivity contribution in [2.45, 2.75) is 141 Å². The fourth-order valence-corrected chi connectivity index (χ4v) is 17.8. The first-order chi connectivity index (χ1) is 57.9. The van der Waals surface area contributed by atoms with E-state index in [0.717, 1.165) is 37.5 Å². The molecule has 0 aliphatic carbocycles. The molecule has 0 spiro atoms. The minimum Gasteiger partial charge on any atom is -0.397 e. The molecule has 12 heterocycles. The van der Waals surface area contributed by atoms with Gasteiger partial charge in [-0.2, -0.15) is 15.0 Å². The molecule has 0 radical (unpaired) electrons. The summed E-state index contributed by atoms with van der Waals surface area (Å²) >= 11 is 17.5. The number of anilines is 6. The second-order valence-corrected chi connectivity index (χ2v) is 34.6. The lowest BCUT2D eigenvalue weighted by Crippen LogP contribution is -2.41. The highest BCUT2D eigenvalue weighted by atomic mass is 35.5. The predicted molar refractivity (Wildman–Crippen MR) is 455 cm³/mol. The number of hydrogen-bond acceptors (Lipinski definition) is 18. The van der Waals surface area contributed by atoms with Crippen LogP contribution in [0.25, 0.3) is 83.9 Å². The van der Waals surface area contributed by atoms with Crippen LogP contribution in [0.5, 0.6) is 0 Å². The number of piperidine rings is 3. The molecule has 3 aliphatic rings. The Labute approximate surface area is 713 Å². The minimum absolute atomic E-state index is 0.0695. The van der Waals surface area contributed by atoms with Crippen LogP contribution in [0.15, 0.2) is 69.4 Å². The maximum Gasteiger partial charge on any atom is 0.355 e. The third-order valence-corrected chi connectivity index (χ3v) is 23.4. The van der Waals surface area contributed by atoms with Crippen molar-refractivity contribution in [1.82, 2.24) is 58.6 Å². The van der Waals surface area contributed by atoms with Crippen LogP contribution < -0.4 is 49.0 Å². The molecular formula is C87H87Cl3F12N18O3. The van der Waals surface area contributed by atoms with E-state index >= 15 is 26.3 Å². The van der Waals surface area contributed by atoms with Crippen molar-refractivity contribution in [1.29, 1.82) is 0 Å². The Balaban J connectivity index is 0.000000159. The van der Waals surface area contributed by atoms with Crippen molar-refractivity contribution in [3.63, 3.8) is 0 Å². The first kappa shape index (κ1) is 89.6. The minimum atomic E-state index is -1.92. The van der Waals surface area contributed by atoms with Crippen LogP contribution in [-0.4, -0.2) is 97.8 Å². The molecule has 9 aromatic heterocycles. The van der Waals surface area contributed by atoms with E-state index in [1.165, 1.54) is 13.7 Å². The van der Waals surface area contributed by atoms with Crippen LogP contribution in [-0.2, 0) is 0 Å². The summed E-state index contributed by atoms with van der Waals surface area (Å²) in [5.41, 5.74) is 11.8. The van der Waals surface area contributed by atoms with Gasteiger partial charge in [0.05, 0.1) is 83.4 Å². The molecule has 3 aromatic carbocycles. The maximum atomic E-state index is 15.9. The fraction of sp³-hybridized carbons (Fsp3) is 0.379. The van der Waals surface area contributed by atoms with Crippen molar-refractivity contribution in [2.75, 3.05) is 71.2 Å². The number of aryl methyl sites for hydroxylation is 3. The summed E-state index contributed by atoms with van der Waals surface area (Å²) < 4.78 is 183.